The van der Waals surface area contributed by atoms with Crippen LogP contribution in [-0.4, -0.2) is 34.4 Å². The number of benzene rings is 1. The minimum atomic E-state index is -0.245. The van der Waals surface area contributed by atoms with Crippen LogP contribution in [0.2, 0.25) is 0 Å². The van der Waals surface area contributed by atoms with E-state index < -0.39 is 0 Å². The van der Waals surface area contributed by atoms with Crippen LogP contribution in [0.15, 0.2) is 34.2 Å². The number of carbonyl (C=O) groups is 1. The topological polar surface area (TPSA) is 73.2 Å². The van der Waals surface area contributed by atoms with Crippen molar-refractivity contribution >= 4 is 39.2 Å². The van der Waals surface area contributed by atoms with E-state index in [1.165, 1.54) is 22.2 Å². The summed E-state index contributed by atoms with van der Waals surface area (Å²) >= 11 is 3.05. The molecule has 3 heterocycles. The molecule has 3 aromatic rings. The number of thioether (sulfide) groups is 1. The molecule has 1 aliphatic carbocycles. The zero-order chi connectivity index (χ0) is 21.4. The van der Waals surface area contributed by atoms with Gasteiger partial charge in [0.15, 0.2) is 5.16 Å². The average molecular weight is 456 g/mol. The summed E-state index contributed by atoms with van der Waals surface area (Å²) < 4.78 is 6.97. The number of amides is 1. The fourth-order valence-corrected chi connectivity index (χ4v) is 6.85. The van der Waals surface area contributed by atoms with E-state index in [1.807, 2.05) is 24.3 Å². The Kier molecular flexibility index (Phi) is 5.75. The van der Waals surface area contributed by atoms with Crippen molar-refractivity contribution in [3.05, 3.63) is 45.1 Å². The lowest BCUT2D eigenvalue weighted by molar-refractivity contribution is -0.120. The van der Waals surface area contributed by atoms with Gasteiger partial charge in [0.1, 0.15) is 10.6 Å². The van der Waals surface area contributed by atoms with Gasteiger partial charge in [0.2, 0.25) is 5.91 Å². The maximum atomic E-state index is 13.8. The molecule has 5 rings (SSSR count). The first-order valence-electron chi connectivity index (χ1n) is 10.8. The molecule has 1 amide bonds. The zero-order valence-electron chi connectivity index (χ0n) is 17.5. The van der Waals surface area contributed by atoms with Gasteiger partial charge in [-0.3, -0.25) is 14.2 Å². The van der Waals surface area contributed by atoms with Crippen LogP contribution >= 0.6 is 23.1 Å². The first-order valence-corrected chi connectivity index (χ1v) is 12.5. The second-order valence-electron chi connectivity index (χ2n) is 8.02. The van der Waals surface area contributed by atoms with Gasteiger partial charge in [0, 0.05) is 11.4 Å². The predicted molar refractivity (Wildman–Crippen MR) is 125 cm³/mol. The second kappa shape index (κ2) is 8.67. The zero-order valence-corrected chi connectivity index (χ0v) is 19.1. The number of aryl methyl sites for hydroxylation is 2. The number of methoxy groups -OCH3 is 1. The lowest BCUT2D eigenvalue weighted by atomic mass is 9.97. The molecule has 162 valence electrons. The molecule has 6 nitrogen and oxygen atoms in total. The molecule has 0 spiro atoms. The normalized spacial score (nSPS) is 19.0. The van der Waals surface area contributed by atoms with E-state index >= 15 is 0 Å². The van der Waals surface area contributed by atoms with E-state index in [9.17, 15) is 9.59 Å². The van der Waals surface area contributed by atoms with Crippen LogP contribution in [0.1, 0.15) is 42.5 Å². The number of nitrogens with one attached hydrogen (secondary N) is 1. The van der Waals surface area contributed by atoms with Crippen LogP contribution in [0.4, 0.5) is 0 Å². The van der Waals surface area contributed by atoms with Gasteiger partial charge in [-0.25, -0.2) is 4.98 Å². The highest BCUT2D eigenvalue weighted by Crippen LogP contribution is 2.36. The summed E-state index contributed by atoms with van der Waals surface area (Å²) in [6, 6.07) is 7.46. The number of nitrogens with zero attached hydrogens (tertiary/aromatic N) is 2. The van der Waals surface area contributed by atoms with E-state index in [-0.39, 0.29) is 16.7 Å². The first kappa shape index (κ1) is 20.6. The molecule has 1 atom stereocenters. The van der Waals surface area contributed by atoms with Gasteiger partial charge < -0.3 is 10.1 Å². The second-order valence-corrected chi connectivity index (χ2v) is 10.3. The number of rotatable bonds is 4. The summed E-state index contributed by atoms with van der Waals surface area (Å²) in [6.07, 6.45) is 6.99. The maximum absolute atomic E-state index is 13.8. The Morgan fingerprint density at radius 2 is 1.94 bits per heavy atom. The van der Waals surface area contributed by atoms with Crippen LogP contribution in [0.3, 0.4) is 0 Å². The van der Waals surface area contributed by atoms with Gasteiger partial charge in [-0.05, 0) is 68.4 Å². The van der Waals surface area contributed by atoms with E-state index in [2.05, 4.69) is 5.32 Å². The molecular formula is C23H25N3O3S2. The van der Waals surface area contributed by atoms with Crippen molar-refractivity contribution in [3.8, 4) is 11.4 Å². The van der Waals surface area contributed by atoms with Crippen molar-refractivity contribution in [1.82, 2.24) is 14.9 Å². The lowest BCUT2D eigenvalue weighted by Gasteiger charge is -2.17. The number of aromatic nitrogens is 2. The third-order valence-electron chi connectivity index (χ3n) is 6.02. The summed E-state index contributed by atoms with van der Waals surface area (Å²) in [4.78, 5) is 33.5. The summed E-state index contributed by atoms with van der Waals surface area (Å²) in [5, 5.41) is 4.09. The Hall–Kier alpha value is -2.32. The lowest BCUT2D eigenvalue weighted by Crippen LogP contribution is -2.31. The van der Waals surface area contributed by atoms with Gasteiger partial charge in [0.05, 0.1) is 23.4 Å². The highest BCUT2D eigenvalue weighted by molar-refractivity contribution is 8.00. The Morgan fingerprint density at radius 1 is 1.13 bits per heavy atom. The predicted octanol–water partition coefficient (Wildman–Crippen LogP) is 4.10. The van der Waals surface area contributed by atoms with E-state index in [1.54, 1.807) is 23.0 Å². The molecule has 0 bridgehead atoms. The fraction of sp³-hybridized carbons (Fsp3) is 0.435. The van der Waals surface area contributed by atoms with Crippen LogP contribution in [-0.2, 0) is 17.6 Å². The molecule has 1 aliphatic heterocycles. The van der Waals surface area contributed by atoms with Crippen LogP contribution in [0.5, 0.6) is 5.75 Å². The monoisotopic (exact) mass is 455 g/mol. The summed E-state index contributed by atoms with van der Waals surface area (Å²) in [5.41, 5.74) is 1.88. The maximum Gasteiger partial charge on any atom is 0.267 e. The van der Waals surface area contributed by atoms with Crippen molar-refractivity contribution in [2.24, 2.45) is 0 Å². The smallest absolute Gasteiger partial charge is 0.267 e. The highest BCUT2D eigenvalue weighted by atomic mass is 32.2. The van der Waals surface area contributed by atoms with E-state index in [4.69, 9.17) is 9.72 Å². The van der Waals surface area contributed by atoms with Gasteiger partial charge in [-0.15, -0.1) is 11.3 Å². The third kappa shape index (κ3) is 3.87. The Morgan fingerprint density at radius 3 is 2.74 bits per heavy atom. The molecule has 0 radical (unpaired) electrons. The molecule has 8 heteroatoms. The number of hydrogen-bond donors (Lipinski definition) is 1. The largest absolute Gasteiger partial charge is 0.497 e. The number of fused-ring (bicyclic) bond motifs is 3. The number of ether oxygens (including phenoxy) is 1. The summed E-state index contributed by atoms with van der Waals surface area (Å²) in [6.45, 7) is 0.714. The third-order valence-corrected chi connectivity index (χ3v) is 8.43. The first-order chi connectivity index (χ1) is 15.2. The molecule has 2 aromatic heterocycles. The standard InChI is InChI=1S/C23H25N3O3S2/c1-29-15-11-9-14(10-12-15)26-22(28)19-16-6-2-3-7-17(16)30-21(19)25-23(26)31-18-8-4-5-13-24-20(18)27/h9-12,18H,2-8,13H2,1H3,(H,24,27). The minimum absolute atomic E-state index is 0.0311. The molecule has 1 saturated heterocycles. The quantitative estimate of drug-likeness (QED) is 0.600. The SMILES string of the molecule is COc1ccc(-n2c(SC3CCCCNC3=O)nc3sc4c(c3c2=O)CCCC4)cc1. The molecule has 0 saturated carbocycles. The molecule has 1 N–H and O–H groups in total. The van der Waals surface area contributed by atoms with E-state index in [0.29, 0.717) is 11.7 Å². The number of thiophene rings is 1. The van der Waals surface area contributed by atoms with Crippen LogP contribution in [0.25, 0.3) is 15.9 Å². The van der Waals surface area contributed by atoms with Gasteiger partial charge in [0.25, 0.3) is 5.56 Å². The summed E-state index contributed by atoms with van der Waals surface area (Å²) in [5.74, 6) is 0.764. The highest BCUT2D eigenvalue weighted by Gasteiger charge is 2.27. The Balaban J connectivity index is 1.68. The van der Waals surface area contributed by atoms with Crippen molar-refractivity contribution in [3.63, 3.8) is 0 Å². The summed E-state index contributed by atoms with van der Waals surface area (Å²) in [7, 11) is 1.62. The van der Waals surface area contributed by atoms with Crippen molar-refractivity contribution in [2.75, 3.05) is 13.7 Å². The van der Waals surface area contributed by atoms with Crippen molar-refractivity contribution < 1.29 is 9.53 Å². The molecule has 2 aliphatic rings. The van der Waals surface area contributed by atoms with Gasteiger partial charge in [-0.2, -0.15) is 0 Å². The van der Waals surface area contributed by atoms with Crippen LogP contribution < -0.4 is 15.6 Å². The van der Waals surface area contributed by atoms with E-state index in [0.717, 1.165) is 66.6 Å². The Bertz CT molecular complexity index is 1180. The minimum Gasteiger partial charge on any atom is -0.497 e. The van der Waals surface area contributed by atoms with Gasteiger partial charge in [-0.1, -0.05) is 18.2 Å². The van der Waals surface area contributed by atoms with Crippen molar-refractivity contribution in [1.29, 1.82) is 0 Å². The number of hydrogen-bond acceptors (Lipinski definition) is 6. The Labute approximate surface area is 189 Å². The van der Waals surface area contributed by atoms with Crippen molar-refractivity contribution in [2.45, 2.75) is 55.4 Å². The molecular weight excluding hydrogens is 430 g/mol. The molecule has 1 fully saturated rings. The molecule has 1 unspecified atom stereocenters. The average Bonchev–Trinajstić information content (AvgIpc) is 3.04. The molecule has 1 aromatic carbocycles. The van der Waals surface area contributed by atoms with Crippen LogP contribution in [0, 0.1) is 0 Å². The molecule has 31 heavy (non-hydrogen) atoms. The van der Waals surface area contributed by atoms with Gasteiger partial charge >= 0.3 is 0 Å². The number of carbonyl (C=O) groups excluding carboxylic acids is 1. The fourth-order valence-electron chi connectivity index (χ4n) is 4.38.